The second kappa shape index (κ2) is 10.4. The van der Waals surface area contributed by atoms with Crippen molar-refractivity contribution >= 4 is 34.4 Å². The molecule has 2 heterocycles. The third-order valence-electron chi connectivity index (χ3n) is 6.88. The smallest absolute Gasteiger partial charge is 0.317 e. The number of hydrogen-bond donors (Lipinski definition) is 5. The Morgan fingerprint density at radius 3 is 2.50 bits per heavy atom. The molecule has 6 N–H and O–H groups in total. The van der Waals surface area contributed by atoms with Gasteiger partial charge in [0.05, 0.1) is 29.5 Å². The van der Waals surface area contributed by atoms with E-state index in [0.29, 0.717) is 12.1 Å². The molecule has 0 aliphatic carbocycles. The molecule has 1 aliphatic rings. The summed E-state index contributed by atoms with van der Waals surface area (Å²) in [5.41, 5.74) is 8.69. The summed E-state index contributed by atoms with van der Waals surface area (Å²) in [5.74, 6) is -0.0984. The lowest BCUT2D eigenvalue weighted by atomic mass is 9.80. The van der Waals surface area contributed by atoms with Gasteiger partial charge in [-0.1, -0.05) is 6.07 Å². The summed E-state index contributed by atoms with van der Waals surface area (Å²) in [6.07, 6.45) is 1.97. The first-order valence-corrected chi connectivity index (χ1v) is 12.0. The Morgan fingerprint density at radius 2 is 1.86 bits per heavy atom. The first-order valence-electron chi connectivity index (χ1n) is 12.0. The number of likely N-dealkylation sites (tertiary alicyclic amines) is 1. The molecule has 1 amide bonds. The highest BCUT2D eigenvalue weighted by Crippen LogP contribution is 2.30. The van der Waals surface area contributed by atoms with E-state index in [1.165, 1.54) is 0 Å². The molecule has 0 saturated carbocycles. The lowest BCUT2D eigenvalue weighted by molar-refractivity contribution is -0.138. The van der Waals surface area contributed by atoms with Gasteiger partial charge in [-0.3, -0.25) is 15.0 Å². The van der Waals surface area contributed by atoms with Gasteiger partial charge in [0, 0.05) is 37.9 Å². The van der Waals surface area contributed by atoms with Crippen LogP contribution in [0.2, 0.25) is 0 Å². The van der Waals surface area contributed by atoms with Gasteiger partial charge in [0.15, 0.2) is 0 Å². The lowest BCUT2D eigenvalue weighted by Crippen LogP contribution is -2.50. The van der Waals surface area contributed by atoms with Crippen LogP contribution in [0, 0.1) is 5.41 Å². The molecule has 10 nitrogen and oxygen atoms in total. The van der Waals surface area contributed by atoms with Gasteiger partial charge in [0.25, 0.3) is 0 Å². The number of carboxylic acid groups (broad SMARTS) is 1. The number of imidazole rings is 1. The van der Waals surface area contributed by atoms with E-state index in [1.54, 1.807) is 12.1 Å². The summed E-state index contributed by atoms with van der Waals surface area (Å²) < 4.78 is 2.01. The maximum absolute atomic E-state index is 13.6. The van der Waals surface area contributed by atoms with E-state index in [2.05, 4.69) is 10.6 Å². The number of carboxylic acids is 1. The first-order chi connectivity index (χ1) is 17.2. The molecule has 1 aliphatic heterocycles. The maximum Gasteiger partial charge on any atom is 0.317 e. The molecule has 2 aromatic carbocycles. The number of aryl methyl sites for hydroxylation is 1. The Bertz CT molecular complexity index is 1280. The number of hydrogen-bond acceptors (Lipinski definition) is 6. The van der Waals surface area contributed by atoms with E-state index < -0.39 is 11.4 Å². The number of nitrogens with one attached hydrogen (secondary N) is 3. The van der Waals surface area contributed by atoms with E-state index in [0.717, 1.165) is 54.0 Å². The number of aliphatic carboxylic acids is 1. The molecule has 4 rings (SSSR count). The van der Waals surface area contributed by atoms with Crippen molar-refractivity contribution in [2.24, 2.45) is 12.8 Å². The number of aromatic nitrogens is 2. The van der Waals surface area contributed by atoms with Gasteiger partial charge in [-0.15, -0.1) is 0 Å². The van der Waals surface area contributed by atoms with Crippen molar-refractivity contribution in [2.45, 2.75) is 31.7 Å². The van der Waals surface area contributed by atoms with E-state index in [4.69, 9.17) is 21.2 Å². The molecule has 1 atom stereocenters. The summed E-state index contributed by atoms with van der Waals surface area (Å²) in [5, 5.41) is 22.9. The molecule has 0 spiro atoms. The number of anilines is 1. The first kappa shape index (κ1) is 25.2. The lowest BCUT2D eigenvalue weighted by Gasteiger charge is -2.33. The quantitative estimate of drug-likeness (QED) is 0.215. The normalized spacial score (nSPS) is 15.1. The number of nitrogens with two attached hydrogens (primary N) is 1. The van der Waals surface area contributed by atoms with Crippen LogP contribution in [0.3, 0.4) is 0 Å². The van der Waals surface area contributed by atoms with E-state index in [1.807, 2.05) is 53.8 Å². The highest BCUT2D eigenvalue weighted by atomic mass is 16.4. The number of benzene rings is 2. The standard InChI is InChI=1S/C26H33N7O3/c1-26(16-29-15-23(34)35,25(36)33-11-3-4-12-33)18-7-10-21-20(13-18)31-22(32(21)2)14-30-19-8-5-17(6-9-19)24(27)28/h5-10,13,29-30H,3-4,11-12,14-16H2,1-2H3,(H3,27,28)(H,34,35). The molecular formula is C26H33N7O3. The average molecular weight is 492 g/mol. The number of carbonyl (C=O) groups is 2. The third kappa shape index (κ3) is 5.18. The predicted molar refractivity (Wildman–Crippen MR) is 139 cm³/mol. The maximum atomic E-state index is 13.6. The van der Waals surface area contributed by atoms with Crippen LogP contribution in [0.4, 0.5) is 5.69 Å². The summed E-state index contributed by atoms with van der Waals surface area (Å²) in [6, 6.07) is 13.2. The molecule has 3 aromatic rings. The van der Waals surface area contributed by atoms with Crippen molar-refractivity contribution in [2.75, 3.05) is 31.5 Å². The molecule has 36 heavy (non-hydrogen) atoms. The summed E-state index contributed by atoms with van der Waals surface area (Å²) >= 11 is 0. The number of carbonyl (C=O) groups excluding carboxylic acids is 1. The predicted octanol–water partition coefficient (Wildman–Crippen LogP) is 2.02. The summed E-state index contributed by atoms with van der Waals surface area (Å²) in [7, 11) is 1.95. The SMILES string of the molecule is Cn1c(CNc2ccc(C(=N)N)cc2)nc2cc(C(C)(CNCC(=O)O)C(=O)N3CCCC3)ccc21. The number of nitrogens with zero attached hydrogens (tertiary/aromatic N) is 3. The van der Waals surface area contributed by atoms with E-state index >= 15 is 0 Å². The molecule has 1 fully saturated rings. The Kier molecular flexibility index (Phi) is 7.25. The zero-order valence-electron chi connectivity index (χ0n) is 20.7. The number of rotatable bonds is 10. The summed E-state index contributed by atoms with van der Waals surface area (Å²) in [6.45, 7) is 3.82. The van der Waals surface area contributed by atoms with Crippen LogP contribution in [0.1, 0.15) is 36.7 Å². The second-order valence-electron chi connectivity index (χ2n) is 9.46. The van der Waals surface area contributed by atoms with Crippen LogP contribution in [0.25, 0.3) is 11.0 Å². The van der Waals surface area contributed by atoms with Gasteiger partial charge in [0.2, 0.25) is 5.91 Å². The number of amides is 1. The number of fused-ring (bicyclic) bond motifs is 1. The van der Waals surface area contributed by atoms with E-state index in [9.17, 15) is 9.59 Å². The molecular weight excluding hydrogens is 458 g/mol. The van der Waals surface area contributed by atoms with E-state index in [-0.39, 0.29) is 24.8 Å². The number of amidine groups is 1. The molecule has 10 heteroatoms. The minimum absolute atomic E-state index is 0.00377. The van der Waals surface area contributed by atoms with Crippen LogP contribution in [-0.2, 0) is 28.6 Å². The molecule has 0 radical (unpaired) electrons. The second-order valence-corrected chi connectivity index (χ2v) is 9.46. The molecule has 1 aromatic heterocycles. The van der Waals surface area contributed by atoms with Gasteiger partial charge in [-0.25, -0.2) is 4.98 Å². The van der Waals surface area contributed by atoms with Crippen LogP contribution >= 0.6 is 0 Å². The van der Waals surface area contributed by atoms with Gasteiger partial charge in [-0.05, 0) is 61.7 Å². The van der Waals surface area contributed by atoms with Crippen molar-refractivity contribution in [1.29, 1.82) is 5.41 Å². The van der Waals surface area contributed by atoms with Crippen LogP contribution in [0.15, 0.2) is 42.5 Å². The monoisotopic (exact) mass is 491 g/mol. The number of nitrogen functional groups attached to an aromatic ring is 1. The largest absolute Gasteiger partial charge is 0.480 e. The molecule has 0 bridgehead atoms. The minimum atomic E-state index is -0.959. The van der Waals surface area contributed by atoms with Crippen molar-refractivity contribution in [3.63, 3.8) is 0 Å². The fourth-order valence-corrected chi connectivity index (χ4v) is 4.69. The highest BCUT2D eigenvalue weighted by molar-refractivity contribution is 5.95. The average Bonchev–Trinajstić information content (AvgIpc) is 3.50. The van der Waals surface area contributed by atoms with Crippen molar-refractivity contribution in [3.05, 3.63) is 59.4 Å². The Balaban J connectivity index is 1.58. The Hall–Kier alpha value is -3.92. The minimum Gasteiger partial charge on any atom is -0.480 e. The fourth-order valence-electron chi connectivity index (χ4n) is 4.69. The molecule has 190 valence electrons. The Labute approximate surface area is 210 Å². The molecule has 1 saturated heterocycles. The van der Waals surface area contributed by atoms with Crippen molar-refractivity contribution < 1.29 is 14.7 Å². The third-order valence-corrected chi connectivity index (χ3v) is 6.88. The zero-order chi connectivity index (χ0) is 25.9. The van der Waals surface area contributed by atoms with Crippen LogP contribution < -0.4 is 16.4 Å². The molecule has 1 unspecified atom stereocenters. The van der Waals surface area contributed by atoms with Gasteiger partial charge < -0.3 is 30.9 Å². The Morgan fingerprint density at radius 1 is 1.17 bits per heavy atom. The highest BCUT2D eigenvalue weighted by Gasteiger charge is 2.39. The van der Waals surface area contributed by atoms with Gasteiger partial charge >= 0.3 is 5.97 Å². The summed E-state index contributed by atoms with van der Waals surface area (Å²) in [4.78, 5) is 31.3. The van der Waals surface area contributed by atoms with Gasteiger partial charge in [-0.2, -0.15) is 0 Å². The van der Waals surface area contributed by atoms with Crippen molar-refractivity contribution in [3.8, 4) is 0 Å². The van der Waals surface area contributed by atoms with Crippen molar-refractivity contribution in [1.82, 2.24) is 19.8 Å². The zero-order valence-corrected chi connectivity index (χ0v) is 20.7. The van der Waals surface area contributed by atoms with Crippen LogP contribution in [-0.4, -0.2) is 63.4 Å². The fraction of sp³-hybridized carbons (Fsp3) is 0.385. The van der Waals surface area contributed by atoms with Crippen LogP contribution in [0.5, 0.6) is 0 Å². The topological polar surface area (TPSA) is 149 Å². The van der Waals surface area contributed by atoms with Gasteiger partial charge in [0.1, 0.15) is 11.7 Å².